The van der Waals surface area contributed by atoms with Gasteiger partial charge >= 0.3 is 0 Å². The van der Waals surface area contributed by atoms with Crippen LogP contribution in [0.1, 0.15) is 40.9 Å². The number of aromatic nitrogens is 1. The molecule has 0 spiro atoms. The molecule has 2 aromatic rings. The van der Waals surface area contributed by atoms with Gasteiger partial charge in [0.2, 0.25) is 0 Å². The maximum Gasteiger partial charge on any atom is 0.271 e. The second-order valence-electron chi connectivity index (χ2n) is 4.86. The molecule has 0 aliphatic carbocycles. The Kier molecular flexibility index (Phi) is 8.62. The number of thioether (sulfide) groups is 1. The van der Waals surface area contributed by atoms with Gasteiger partial charge in [-0.05, 0) is 36.9 Å². The first-order valence-electron chi connectivity index (χ1n) is 7.32. The van der Waals surface area contributed by atoms with Crippen LogP contribution in [-0.2, 0) is 6.42 Å². The highest BCUT2D eigenvalue weighted by Crippen LogP contribution is 2.21. The van der Waals surface area contributed by atoms with E-state index >= 15 is 0 Å². The van der Waals surface area contributed by atoms with Gasteiger partial charge in [0.25, 0.3) is 5.91 Å². The second-order valence-corrected chi connectivity index (χ2v) is 7.14. The quantitative estimate of drug-likeness (QED) is 0.728. The molecule has 1 heterocycles. The van der Waals surface area contributed by atoms with E-state index in [-0.39, 0.29) is 24.4 Å². The molecule has 0 aliphatic heterocycles. The second kappa shape index (κ2) is 9.93. The van der Waals surface area contributed by atoms with Crippen molar-refractivity contribution in [3.05, 3.63) is 45.9 Å². The lowest BCUT2D eigenvalue weighted by Crippen LogP contribution is -2.27. The third-order valence-corrected chi connectivity index (χ3v) is 4.98. The third kappa shape index (κ3) is 5.80. The van der Waals surface area contributed by atoms with Crippen LogP contribution in [0.4, 0.5) is 0 Å². The summed E-state index contributed by atoms with van der Waals surface area (Å²) in [4.78, 5) is 17.8. The molecule has 4 nitrogen and oxygen atoms in total. The zero-order valence-electron chi connectivity index (χ0n) is 13.2. The molecule has 0 radical (unpaired) electrons. The minimum atomic E-state index is -0.140. The van der Waals surface area contributed by atoms with Crippen molar-refractivity contribution in [1.82, 2.24) is 10.3 Å². The fraction of sp³-hybridized carbons (Fsp3) is 0.375. The molecule has 0 aliphatic rings. The summed E-state index contributed by atoms with van der Waals surface area (Å²) < 4.78 is 0. The number of nitrogens with one attached hydrogen (secondary N) is 1. The van der Waals surface area contributed by atoms with Gasteiger partial charge in [0.1, 0.15) is 5.69 Å². The molecule has 126 valence electrons. The average molecular weight is 372 g/mol. The maximum atomic E-state index is 12.2. The lowest BCUT2D eigenvalue weighted by molar-refractivity contribution is 0.0935. The van der Waals surface area contributed by atoms with Crippen LogP contribution in [0.5, 0.6) is 0 Å². The van der Waals surface area contributed by atoms with Crippen LogP contribution >= 0.6 is 35.5 Å². The van der Waals surface area contributed by atoms with Crippen LogP contribution < -0.4 is 11.1 Å². The summed E-state index contributed by atoms with van der Waals surface area (Å²) in [6.45, 7) is 4.66. The monoisotopic (exact) mass is 371 g/mol. The Morgan fingerprint density at radius 3 is 2.70 bits per heavy atom. The van der Waals surface area contributed by atoms with Gasteiger partial charge < -0.3 is 11.1 Å². The number of hydrogen-bond donors (Lipinski definition) is 2. The van der Waals surface area contributed by atoms with Crippen molar-refractivity contribution >= 4 is 41.4 Å². The molecule has 7 heteroatoms. The molecule has 1 aromatic carbocycles. The Hall–Kier alpha value is -1.08. The number of carbonyl (C=O) groups excluding carboxylic acids is 1. The summed E-state index contributed by atoms with van der Waals surface area (Å²) in [6, 6.07) is 8.25. The van der Waals surface area contributed by atoms with E-state index in [1.54, 1.807) is 5.38 Å². The number of thiazole rings is 1. The number of rotatable bonds is 7. The Morgan fingerprint density at radius 2 is 2.09 bits per heavy atom. The van der Waals surface area contributed by atoms with Crippen LogP contribution in [0.2, 0.25) is 0 Å². The Morgan fingerprint density at radius 1 is 1.39 bits per heavy atom. The van der Waals surface area contributed by atoms with Crippen molar-refractivity contribution in [1.29, 1.82) is 0 Å². The van der Waals surface area contributed by atoms with Crippen LogP contribution in [0.3, 0.4) is 0 Å². The highest BCUT2D eigenvalue weighted by molar-refractivity contribution is 7.99. The molecule has 1 aromatic heterocycles. The van der Waals surface area contributed by atoms with Crippen LogP contribution in [0.25, 0.3) is 0 Å². The molecule has 0 saturated carbocycles. The molecule has 23 heavy (non-hydrogen) atoms. The summed E-state index contributed by atoms with van der Waals surface area (Å²) in [6.07, 6.45) is 0.712. The summed E-state index contributed by atoms with van der Waals surface area (Å²) in [5.74, 6) is 0.916. The van der Waals surface area contributed by atoms with Gasteiger partial charge in [0.05, 0.1) is 11.0 Å². The van der Waals surface area contributed by atoms with E-state index in [1.807, 2.05) is 18.7 Å². The Labute approximate surface area is 151 Å². The first-order valence-corrected chi connectivity index (χ1v) is 9.18. The van der Waals surface area contributed by atoms with Crippen molar-refractivity contribution in [2.75, 3.05) is 12.3 Å². The smallest absolute Gasteiger partial charge is 0.271 e. The van der Waals surface area contributed by atoms with Gasteiger partial charge in [-0.2, -0.15) is 0 Å². The van der Waals surface area contributed by atoms with Gasteiger partial charge in [-0.15, -0.1) is 35.5 Å². The summed E-state index contributed by atoms with van der Waals surface area (Å²) in [5.41, 5.74) is 7.06. The zero-order valence-corrected chi connectivity index (χ0v) is 15.7. The van der Waals surface area contributed by atoms with Gasteiger partial charge in [-0.25, -0.2) is 4.98 Å². The van der Waals surface area contributed by atoms with Gasteiger partial charge in [0, 0.05) is 16.7 Å². The molecule has 0 saturated heterocycles. The van der Waals surface area contributed by atoms with E-state index in [0.29, 0.717) is 18.7 Å². The summed E-state index contributed by atoms with van der Waals surface area (Å²) >= 11 is 3.29. The van der Waals surface area contributed by atoms with Gasteiger partial charge in [-0.1, -0.05) is 19.1 Å². The summed E-state index contributed by atoms with van der Waals surface area (Å²) in [5, 5.41) is 5.68. The minimum absolute atomic E-state index is 0. The van der Waals surface area contributed by atoms with Gasteiger partial charge in [-0.3, -0.25) is 4.79 Å². The fourth-order valence-corrected chi connectivity index (χ4v) is 3.48. The molecule has 0 bridgehead atoms. The predicted molar refractivity (Wildman–Crippen MR) is 101 cm³/mol. The molecular weight excluding hydrogens is 350 g/mol. The maximum absolute atomic E-state index is 12.2. The molecule has 1 unspecified atom stereocenters. The van der Waals surface area contributed by atoms with E-state index in [0.717, 1.165) is 16.3 Å². The molecular formula is C16H22ClN3OS2. The minimum Gasteiger partial charge on any atom is -0.344 e. The number of nitrogens with two attached hydrogens (primary N) is 1. The fourth-order valence-electron chi connectivity index (χ4n) is 2.03. The first-order chi connectivity index (χ1) is 10.6. The van der Waals surface area contributed by atoms with Crippen molar-refractivity contribution in [3.63, 3.8) is 0 Å². The van der Waals surface area contributed by atoms with E-state index in [2.05, 4.69) is 41.5 Å². The number of nitrogens with zero attached hydrogens (tertiary/aromatic N) is 1. The average Bonchev–Trinajstić information content (AvgIpc) is 2.97. The first kappa shape index (κ1) is 20.0. The number of hydrogen-bond acceptors (Lipinski definition) is 5. The van der Waals surface area contributed by atoms with Crippen molar-refractivity contribution < 1.29 is 4.79 Å². The Bertz CT molecular complexity index is 616. The van der Waals surface area contributed by atoms with Crippen molar-refractivity contribution in [2.24, 2.45) is 5.73 Å². The lowest BCUT2D eigenvalue weighted by atomic mass is 10.1. The number of carbonyl (C=O) groups is 1. The highest BCUT2D eigenvalue weighted by Gasteiger charge is 2.14. The van der Waals surface area contributed by atoms with Crippen LogP contribution in [-0.4, -0.2) is 23.2 Å². The molecule has 1 amide bonds. The Balaban J connectivity index is 0.00000264. The van der Waals surface area contributed by atoms with E-state index in [9.17, 15) is 4.79 Å². The summed E-state index contributed by atoms with van der Waals surface area (Å²) in [7, 11) is 0. The van der Waals surface area contributed by atoms with Crippen LogP contribution in [0.15, 0.2) is 34.5 Å². The SMILES string of the molecule is CCSc1ccc(C(C)NC(=O)c2csc(CCN)n2)cc1.Cl. The molecule has 3 N–H and O–H groups in total. The third-order valence-electron chi connectivity index (χ3n) is 3.18. The topological polar surface area (TPSA) is 68.0 Å². The molecule has 2 rings (SSSR count). The van der Waals surface area contributed by atoms with E-state index in [1.165, 1.54) is 16.2 Å². The normalized spacial score (nSPS) is 11.6. The predicted octanol–water partition coefficient (Wildman–Crippen LogP) is 3.67. The zero-order chi connectivity index (χ0) is 15.9. The van der Waals surface area contributed by atoms with E-state index in [4.69, 9.17) is 5.73 Å². The number of halogens is 1. The van der Waals surface area contributed by atoms with Crippen LogP contribution in [0, 0.1) is 0 Å². The largest absolute Gasteiger partial charge is 0.344 e. The van der Waals surface area contributed by atoms with Crippen molar-refractivity contribution in [2.45, 2.75) is 31.2 Å². The highest BCUT2D eigenvalue weighted by atomic mass is 35.5. The van der Waals surface area contributed by atoms with Gasteiger partial charge in [0.15, 0.2) is 0 Å². The molecule has 0 fully saturated rings. The lowest BCUT2D eigenvalue weighted by Gasteiger charge is -2.14. The molecule has 1 atom stereocenters. The number of benzene rings is 1. The standard InChI is InChI=1S/C16H21N3OS2.ClH/c1-3-21-13-6-4-12(5-7-13)11(2)18-16(20)14-10-22-15(19-14)8-9-17;/h4-7,10-11H,3,8-9,17H2,1-2H3,(H,18,20);1H. The van der Waals surface area contributed by atoms with Crippen molar-refractivity contribution in [3.8, 4) is 0 Å². The number of amides is 1. The van der Waals surface area contributed by atoms with E-state index < -0.39 is 0 Å².